The molecular formula is C17H20N2O2S. The largest absolute Gasteiger partial charge is 0.279 e. The third-order valence-corrected chi connectivity index (χ3v) is 4.54. The number of nitrogens with one attached hydrogen (secondary N) is 2. The third kappa shape index (κ3) is 3.95. The minimum Gasteiger partial charge on any atom is -0.267 e. The van der Waals surface area contributed by atoms with E-state index in [1.54, 1.807) is 24.3 Å². The van der Waals surface area contributed by atoms with E-state index in [0.29, 0.717) is 10.4 Å². The van der Waals surface area contributed by atoms with Gasteiger partial charge in [0.15, 0.2) is 0 Å². The van der Waals surface area contributed by atoms with Crippen LogP contribution in [0.5, 0.6) is 0 Å². The Bertz CT molecular complexity index is 650. The van der Waals surface area contributed by atoms with Gasteiger partial charge in [0.05, 0.1) is 4.88 Å². The van der Waals surface area contributed by atoms with E-state index in [-0.39, 0.29) is 11.8 Å². The van der Waals surface area contributed by atoms with Crippen molar-refractivity contribution >= 4 is 23.2 Å². The maximum Gasteiger partial charge on any atom is 0.279 e. The van der Waals surface area contributed by atoms with E-state index >= 15 is 0 Å². The molecule has 4 nitrogen and oxygen atoms in total. The monoisotopic (exact) mass is 316 g/mol. The number of hydrogen-bond acceptors (Lipinski definition) is 3. The van der Waals surface area contributed by atoms with Gasteiger partial charge in [-0.1, -0.05) is 38.5 Å². The molecule has 2 aromatic rings. The first-order chi connectivity index (χ1) is 10.7. The molecule has 2 amide bonds. The molecule has 22 heavy (non-hydrogen) atoms. The van der Waals surface area contributed by atoms with Crippen LogP contribution >= 0.6 is 11.3 Å². The predicted molar refractivity (Wildman–Crippen MR) is 89.1 cm³/mol. The molecule has 0 bridgehead atoms. The molecule has 0 atom stereocenters. The first-order valence-corrected chi connectivity index (χ1v) is 8.24. The van der Waals surface area contributed by atoms with Gasteiger partial charge in [0, 0.05) is 10.4 Å². The summed E-state index contributed by atoms with van der Waals surface area (Å²) in [6.45, 7) is 4.21. The number of benzene rings is 1. The zero-order chi connectivity index (χ0) is 15.9. The molecule has 116 valence electrons. The second-order valence-electron chi connectivity index (χ2n) is 4.94. The average Bonchev–Trinajstić information content (AvgIpc) is 2.96. The van der Waals surface area contributed by atoms with Crippen molar-refractivity contribution in [2.75, 3.05) is 0 Å². The quantitative estimate of drug-likeness (QED) is 0.831. The Hall–Kier alpha value is -2.14. The summed E-state index contributed by atoms with van der Waals surface area (Å²) in [6.07, 6.45) is 2.95. The summed E-state index contributed by atoms with van der Waals surface area (Å²) in [5, 5.41) is 0. The maximum absolute atomic E-state index is 12.2. The summed E-state index contributed by atoms with van der Waals surface area (Å²) in [5.41, 5.74) is 6.64. The summed E-state index contributed by atoms with van der Waals surface area (Å²) in [6, 6.07) is 10.7. The summed E-state index contributed by atoms with van der Waals surface area (Å²) < 4.78 is 0. The average molecular weight is 316 g/mol. The second kappa shape index (κ2) is 7.75. The molecule has 0 aliphatic heterocycles. The fourth-order valence-corrected chi connectivity index (χ4v) is 3.40. The predicted octanol–water partition coefficient (Wildman–Crippen LogP) is 3.34. The standard InChI is InChI=1S/C17H20N2O2S/c1-3-8-14-12(4-2)11-15(22-14)17(21)19-18-16(20)13-9-6-5-7-10-13/h5-7,9-11H,3-4,8H2,1-2H3,(H,18,20)(H,19,21). The highest BCUT2D eigenvalue weighted by atomic mass is 32.1. The Morgan fingerprint density at radius 1 is 1.05 bits per heavy atom. The molecule has 5 heteroatoms. The Labute approximate surface area is 134 Å². The van der Waals surface area contributed by atoms with Crippen molar-refractivity contribution in [2.45, 2.75) is 33.1 Å². The normalized spacial score (nSPS) is 10.3. The number of carbonyl (C=O) groups excluding carboxylic acids is 2. The number of rotatable bonds is 5. The van der Waals surface area contributed by atoms with Gasteiger partial charge in [-0.2, -0.15) is 0 Å². The molecule has 0 fully saturated rings. The number of aryl methyl sites for hydroxylation is 2. The van der Waals surface area contributed by atoms with Crippen molar-refractivity contribution in [1.29, 1.82) is 0 Å². The van der Waals surface area contributed by atoms with Crippen LogP contribution in [0.4, 0.5) is 0 Å². The minimum atomic E-state index is -0.324. The Morgan fingerprint density at radius 3 is 2.36 bits per heavy atom. The van der Waals surface area contributed by atoms with Crippen LogP contribution in [0.2, 0.25) is 0 Å². The van der Waals surface area contributed by atoms with Gasteiger partial charge in [-0.15, -0.1) is 11.3 Å². The van der Waals surface area contributed by atoms with E-state index in [1.165, 1.54) is 21.8 Å². The number of carbonyl (C=O) groups is 2. The topological polar surface area (TPSA) is 58.2 Å². The molecule has 0 saturated heterocycles. The number of thiophene rings is 1. The lowest BCUT2D eigenvalue weighted by molar-refractivity contribution is 0.0849. The number of amides is 2. The van der Waals surface area contributed by atoms with Crippen molar-refractivity contribution in [3.63, 3.8) is 0 Å². The smallest absolute Gasteiger partial charge is 0.267 e. The zero-order valence-electron chi connectivity index (χ0n) is 12.8. The van der Waals surface area contributed by atoms with Gasteiger partial charge in [0.2, 0.25) is 0 Å². The van der Waals surface area contributed by atoms with Gasteiger partial charge in [0.1, 0.15) is 0 Å². The molecular weight excluding hydrogens is 296 g/mol. The van der Waals surface area contributed by atoms with Gasteiger partial charge in [-0.25, -0.2) is 0 Å². The van der Waals surface area contributed by atoms with Crippen molar-refractivity contribution in [2.24, 2.45) is 0 Å². The summed E-state index contributed by atoms with van der Waals surface area (Å²) in [5.74, 6) is -0.596. The zero-order valence-corrected chi connectivity index (χ0v) is 13.6. The van der Waals surface area contributed by atoms with Crippen LogP contribution in [0.1, 0.15) is 50.7 Å². The highest BCUT2D eigenvalue weighted by molar-refractivity contribution is 7.14. The maximum atomic E-state index is 12.2. The van der Waals surface area contributed by atoms with Crippen LogP contribution in [0.25, 0.3) is 0 Å². The molecule has 0 aliphatic rings. The van der Waals surface area contributed by atoms with Gasteiger partial charge < -0.3 is 0 Å². The van der Waals surface area contributed by atoms with E-state index in [2.05, 4.69) is 24.7 Å². The Balaban J connectivity index is 1.99. The first-order valence-electron chi connectivity index (χ1n) is 7.43. The molecule has 2 rings (SSSR count). The van der Waals surface area contributed by atoms with Crippen LogP contribution in [-0.4, -0.2) is 11.8 Å². The summed E-state index contributed by atoms with van der Waals surface area (Å²) in [4.78, 5) is 25.9. The second-order valence-corrected chi connectivity index (χ2v) is 6.07. The number of hydrogen-bond donors (Lipinski definition) is 2. The molecule has 2 N–H and O–H groups in total. The Morgan fingerprint density at radius 2 is 1.73 bits per heavy atom. The van der Waals surface area contributed by atoms with E-state index in [9.17, 15) is 9.59 Å². The van der Waals surface area contributed by atoms with Crippen LogP contribution in [-0.2, 0) is 12.8 Å². The minimum absolute atomic E-state index is 0.272. The third-order valence-electron chi connectivity index (χ3n) is 3.30. The van der Waals surface area contributed by atoms with Crippen molar-refractivity contribution in [3.05, 3.63) is 57.3 Å². The fraction of sp³-hybridized carbons (Fsp3) is 0.294. The van der Waals surface area contributed by atoms with Crippen molar-refractivity contribution in [1.82, 2.24) is 10.9 Å². The Kier molecular flexibility index (Phi) is 5.72. The van der Waals surface area contributed by atoms with Crippen molar-refractivity contribution in [3.8, 4) is 0 Å². The van der Waals surface area contributed by atoms with Gasteiger partial charge >= 0.3 is 0 Å². The molecule has 0 spiro atoms. The van der Waals surface area contributed by atoms with Crippen LogP contribution in [0.15, 0.2) is 36.4 Å². The van der Waals surface area contributed by atoms with Crippen LogP contribution < -0.4 is 10.9 Å². The summed E-state index contributed by atoms with van der Waals surface area (Å²) >= 11 is 1.50. The first kappa shape index (κ1) is 16.2. The molecule has 0 unspecified atom stereocenters. The van der Waals surface area contributed by atoms with Gasteiger partial charge in [-0.05, 0) is 36.6 Å². The van der Waals surface area contributed by atoms with E-state index in [1.807, 2.05) is 12.1 Å². The SMILES string of the molecule is CCCc1sc(C(=O)NNC(=O)c2ccccc2)cc1CC. The lowest BCUT2D eigenvalue weighted by atomic mass is 10.1. The highest BCUT2D eigenvalue weighted by Gasteiger charge is 2.14. The lowest BCUT2D eigenvalue weighted by Crippen LogP contribution is -2.41. The lowest BCUT2D eigenvalue weighted by Gasteiger charge is -2.05. The summed E-state index contributed by atoms with van der Waals surface area (Å²) in [7, 11) is 0. The molecule has 1 aromatic carbocycles. The highest BCUT2D eigenvalue weighted by Crippen LogP contribution is 2.24. The molecule has 1 heterocycles. The van der Waals surface area contributed by atoms with E-state index in [0.717, 1.165) is 19.3 Å². The molecule has 1 aromatic heterocycles. The molecule has 0 radical (unpaired) electrons. The fourth-order valence-electron chi connectivity index (χ4n) is 2.15. The number of hydrazine groups is 1. The van der Waals surface area contributed by atoms with Crippen molar-refractivity contribution < 1.29 is 9.59 Å². The molecule has 0 aliphatic carbocycles. The van der Waals surface area contributed by atoms with Crippen LogP contribution in [0, 0.1) is 0 Å². The van der Waals surface area contributed by atoms with Crippen LogP contribution in [0.3, 0.4) is 0 Å². The molecule has 0 saturated carbocycles. The van der Waals surface area contributed by atoms with E-state index < -0.39 is 0 Å². The van der Waals surface area contributed by atoms with E-state index in [4.69, 9.17) is 0 Å². The van der Waals surface area contributed by atoms with Gasteiger partial charge in [0.25, 0.3) is 11.8 Å². The van der Waals surface area contributed by atoms with Gasteiger partial charge in [-0.3, -0.25) is 20.4 Å².